The number of nitrogens with zero attached hydrogens (tertiary/aromatic N) is 4. The summed E-state index contributed by atoms with van der Waals surface area (Å²) in [6.07, 6.45) is 0. The summed E-state index contributed by atoms with van der Waals surface area (Å²) in [7, 11) is 0. The number of thioether (sulfide) groups is 1. The van der Waals surface area contributed by atoms with Crippen LogP contribution in [-0.4, -0.2) is 31.5 Å². The third-order valence-corrected chi connectivity index (χ3v) is 6.37. The van der Waals surface area contributed by atoms with Gasteiger partial charge in [0.15, 0.2) is 22.5 Å². The highest BCUT2D eigenvalue weighted by Gasteiger charge is 2.32. The van der Waals surface area contributed by atoms with Crippen LogP contribution >= 0.6 is 11.8 Å². The molecule has 0 radical (unpaired) electrons. The first-order valence-electron chi connectivity index (χ1n) is 10.5. The average molecular weight is 468 g/mol. The third kappa shape index (κ3) is 5.71. The predicted molar refractivity (Wildman–Crippen MR) is 124 cm³/mol. The molecule has 0 bridgehead atoms. The molecule has 2 unspecified atom stereocenters. The van der Waals surface area contributed by atoms with Crippen LogP contribution in [0.25, 0.3) is 5.69 Å². The van der Waals surface area contributed by atoms with Crippen LogP contribution in [0.1, 0.15) is 33.5 Å². The van der Waals surface area contributed by atoms with Crippen LogP contribution in [0.4, 0.5) is 4.39 Å². The molecule has 33 heavy (non-hydrogen) atoms. The molecule has 0 aliphatic heterocycles. The molecule has 1 N–H and O–H groups in total. The summed E-state index contributed by atoms with van der Waals surface area (Å²) in [5, 5.41) is 20.8. The van der Waals surface area contributed by atoms with Crippen molar-refractivity contribution in [3.63, 3.8) is 0 Å². The van der Waals surface area contributed by atoms with E-state index >= 15 is 0 Å². The third-order valence-electron chi connectivity index (χ3n) is 5.33. The number of carbonyl (C=O) groups excluding carboxylic acids is 1. The van der Waals surface area contributed by atoms with Crippen LogP contribution in [0.3, 0.4) is 0 Å². The number of rotatable bonds is 9. The molecule has 1 aromatic heterocycles. The molecular formula is C24H26FN5O2S. The maximum absolute atomic E-state index is 14.0. The second-order valence-corrected chi connectivity index (χ2v) is 9.32. The zero-order valence-electron chi connectivity index (χ0n) is 18.9. The Labute approximate surface area is 197 Å². The Morgan fingerprint density at radius 3 is 2.48 bits per heavy atom. The molecule has 9 heteroatoms. The molecule has 172 valence electrons. The fraction of sp³-hybridized carbons (Fsp3) is 0.333. The van der Waals surface area contributed by atoms with E-state index in [4.69, 9.17) is 4.74 Å². The van der Waals surface area contributed by atoms with E-state index in [0.29, 0.717) is 11.0 Å². The van der Waals surface area contributed by atoms with E-state index in [9.17, 15) is 14.4 Å². The van der Waals surface area contributed by atoms with E-state index in [2.05, 4.69) is 21.6 Å². The summed E-state index contributed by atoms with van der Waals surface area (Å²) in [6.45, 7) is 7.21. The minimum atomic E-state index is -0.974. The number of amides is 1. The number of halogens is 1. The second kappa shape index (κ2) is 10.5. The van der Waals surface area contributed by atoms with Gasteiger partial charge in [0.05, 0.1) is 11.3 Å². The standard InChI is InChI=1S/C24H26FN5O2S/c1-16(2)24(4,15-26)27-22(31)17(3)33-23-29-28-21(30(23)18-10-6-5-7-11-18)14-32-20-13-9-8-12-19(20)25/h5-13,16-17H,14H2,1-4H3,(H,27,31). The highest BCUT2D eigenvalue weighted by molar-refractivity contribution is 8.00. The van der Waals surface area contributed by atoms with Crippen molar-refractivity contribution in [3.05, 3.63) is 66.2 Å². The molecular weight excluding hydrogens is 441 g/mol. The molecule has 3 aromatic rings. The number of para-hydroxylation sites is 2. The number of ether oxygens (including phenoxy) is 1. The van der Waals surface area contributed by atoms with Crippen LogP contribution in [0.2, 0.25) is 0 Å². The summed E-state index contributed by atoms with van der Waals surface area (Å²) in [5.74, 6) is -0.215. The van der Waals surface area contributed by atoms with Gasteiger partial charge in [0.1, 0.15) is 12.1 Å². The Morgan fingerprint density at radius 1 is 1.18 bits per heavy atom. The molecule has 1 heterocycles. The number of benzene rings is 2. The number of hydrogen-bond acceptors (Lipinski definition) is 6. The molecule has 2 atom stereocenters. The van der Waals surface area contributed by atoms with Crippen molar-refractivity contribution >= 4 is 17.7 Å². The van der Waals surface area contributed by atoms with Gasteiger partial charge in [-0.25, -0.2) is 4.39 Å². The molecule has 0 aliphatic carbocycles. The topological polar surface area (TPSA) is 92.8 Å². The number of hydrogen-bond donors (Lipinski definition) is 1. The molecule has 0 spiro atoms. The normalized spacial score (nSPS) is 13.7. The second-order valence-electron chi connectivity index (χ2n) is 8.01. The van der Waals surface area contributed by atoms with Gasteiger partial charge in [-0.1, -0.05) is 55.9 Å². The Balaban J connectivity index is 1.84. The van der Waals surface area contributed by atoms with Crippen LogP contribution in [-0.2, 0) is 11.4 Å². The first-order valence-corrected chi connectivity index (χ1v) is 11.4. The molecule has 0 saturated carbocycles. The lowest BCUT2D eigenvalue weighted by Crippen LogP contribution is -2.51. The van der Waals surface area contributed by atoms with Crippen molar-refractivity contribution in [3.8, 4) is 17.5 Å². The maximum Gasteiger partial charge on any atom is 0.234 e. The van der Waals surface area contributed by atoms with Crippen molar-refractivity contribution in [2.75, 3.05) is 0 Å². The number of carbonyl (C=O) groups is 1. The molecule has 2 aromatic carbocycles. The highest BCUT2D eigenvalue weighted by atomic mass is 32.2. The van der Waals surface area contributed by atoms with Gasteiger partial charge in [-0.3, -0.25) is 9.36 Å². The van der Waals surface area contributed by atoms with Crippen LogP contribution < -0.4 is 10.1 Å². The quantitative estimate of drug-likeness (QED) is 0.465. The van der Waals surface area contributed by atoms with Crippen molar-refractivity contribution in [2.45, 2.75) is 50.2 Å². The van der Waals surface area contributed by atoms with Gasteiger partial charge in [0, 0.05) is 5.69 Å². The van der Waals surface area contributed by atoms with Crippen LogP contribution in [0.5, 0.6) is 5.75 Å². The molecule has 3 rings (SSSR count). The van der Waals surface area contributed by atoms with Gasteiger partial charge < -0.3 is 10.1 Å². The van der Waals surface area contributed by atoms with E-state index in [-0.39, 0.29) is 24.2 Å². The zero-order valence-corrected chi connectivity index (χ0v) is 19.8. The first kappa shape index (κ1) is 24.3. The number of nitriles is 1. The van der Waals surface area contributed by atoms with Crippen molar-refractivity contribution in [2.24, 2.45) is 5.92 Å². The Bertz CT molecular complexity index is 1150. The number of aromatic nitrogens is 3. The Morgan fingerprint density at radius 2 is 1.85 bits per heavy atom. The Hall–Kier alpha value is -3.38. The van der Waals surface area contributed by atoms with E-state index in [1.165, 1.54) is 17.8 Å². The fourth-order valence-corrected chi connectivity index (χ4v) is 3.77. The maximum atomic E-state index is 14.0. The van der Waals surface area contributed by atoms with Gasteiger partial charge in [-0.15, -0.1) is 10.2 Å². The molecule has 7 nitrogen and oxygen atoms in total. The van der Waals surface area contributed by atoms with Gasteiger partial charge >= 0.3 is 0 Å². The zero-order chi connectivity index (χ0) is 24.0. The van der Waals surface area contributed by atoms with Crippen molar-refractivity contribution < 1.29 is 13.9 Å². The lowest BCUT2D eigenvalue weighted by Gasteiger charge is -2.28. The average Bonchev–Trinajstić information content (AvgIpc) is 3.21. The molecule has 1 amide bonds. The van der Waals surface area contributed by atoms with Crippen molar-refractivity contribution in [1.82, 2.24) is 20.1 Å². The SMILES string of the molecule is CC(Sc1nnc(COc2ccccc2F)n1-c1ccccc1)C(=O)NC(C)(C#N)C(C)C. The van der Waals surface area contributed by atoms with Crippen LogP contribution in [0, 0.1) is 23.1 Å². The first-order chi connectivity index (χ1) is 15.7. The van der Waals surface area contributed by atoms with Gasteiger partial charge in [-0.2, -0.15) is 5.26 Å². The lowest BCUT2D eigenvalue weighted by atomic mass is 9.90. The van der Waals surface area contributed by atoms with E-state index in [0.717, 1.165) is 5.69 Å². The lowest BCUT2D eigenvalue weighted by molar-refractivity contribution is -0.121. The van der Waals surface area contributed by atoms with Gasteiger partial charge in [-0.05, 0) is 44.0 Å². The molecule has 0 aliphatic rings. The van der Waals surface area contributed by atoms with E-state index < -0.39 is 16.6 Å². The summed E-state index contributed by atoms with van der Waals surface area (Å²) >= 11 is 1.22. The minimum absolute atomic E-state index is 0.0101. The highest BCUT2D eigenvalue weighted by Crippen LogP contribution is 2.27. The molecule has 0 saturated heterocycles. The summed E-state index contributed by atoms with van der Waals surface area (Å²) in [5.41, 5.74) is -0.189. The number of nitrogens with one attached hydrogen (secondary N) is 1. The minimum Gasteiger partial charge on any atom is -0.483 e. The van der Waals surface area contributed by atoms with Crippen molar-refractivity contribution in [1.29, 1.82) is 5.26 Å². The molecule has 0 fully saturated rings. The fourth-order valence-electron chi connectivity index (χ4n) is 2.88. The van der Waals surface area contributed by atoms with Gasteiger partial charge in [0.25, 0.3) is 0 Å². The van der Waals surface area contributed by atoms with E-state index in [1.54, 1.807) is 36.6 Å². The predicted octanol–water partition coefficient (Wildman–Crippen LogP) is 4.52. The smallest absolute Gasteiger partial charge is 0.234 e. The van der Waals surface area contributed by atoms with Gasteiger partial charge in [0.2, 0.25) is 5.91 Å². The summed E-state index contributed by atoms with van der Waals surface area (Å²) in [4.78, 5) is 12.8. The van der Waals surface area contributed by atoms with Crippen LogP contribution in [0.15, 0.2) is 59.8 Å². The summed E-state index contributed by atoms with van der Waals surface area (Å²) < 4.78 is 21.4. The monoisotopic (exact) mass is 467 g/mol. The van der Waals surface area contributed by atoms with E-state index in [1.807, 2.05) is 44.2 Å². The largest absolute Gasteiger partial charge is 0.483 e. The Kier molecular flexibility index (Phi) is 7.71. The summed E-state index contributed by atoms with van der Waals surface area (Å²) in [6, 6.07) is 17.7.